The molecule has 7 N–H and O–H groups in total. The number of aromatic hydroxyl groups is 1. The number of rotatable bonds is 3. The average Bonchev–Trinajstić information content (AvgIpc) is 2.86. The number of benzene rings is 2. The number of fused-ring (bicyclic) bond motifs is 3. The van der Waals surface area contributed by atoms with Crippen LogP contribution < -0.4 is 5.73 Å². The van der Waals surface area contributed by atoms with Crippen LogP contribution >= 0.6 is 0 Å². The number of hydrogen-bond acceptors (Lipinski definition) is 10. The zero-order valence-electron chi connectivity index (χ0n) is 19.4. The minimum atomic E-state index is -2.98. The summed E-state index contributed by atoms with van der Waals surface area (Å²) in [5, 5.41) is 66.6. The summed E-state index contributed by atoms with van der Waals surface area (Å²) >= 11 is 0. The van der Waals surface area contributed by atoms with Gasteiger partial charge in [-0.15, -0.1) is 0 Å². The number of non-ortho nitro benzene ring substituents is 1. The van der Waals surface area contributed by atoms with Crippen molar-refractivity contribution in [2.24, 2.45) is 17.6 Å². The monoisotopic (exact) mass is 520 g/mol. The van der Waals surface area contributed by atoms with Crippen molar-refractivity contribution in [3.63, 3.8) is 0 Å². The number of phenolic OH excluding ortho intramolecular Hbond substituents is 1. The van der Waals surface area contributed by atoms with Crippen molar-refractivity contribution in [3.8, 4) is 5.75 Å². The third kappa shape index (κ3) is 3.27. The molecule has 0 saturated heterocycles. The van der Waals surface area contributed by atoms with E-state index in [2.05, 4.69) is 0 Å². The molecule has 5 rings (SSSR count). The number of amides is 1. The highest BCUT2D eigenvalue weighted by Gasteiger charge is 2.64. The van der Waals surface area contributed by atoms with Crippen LogP contribution in [0.5, 0.6) is 5.75 Å². The Balaban J connectivity index is 1.81. The summed E-state index contributed by atoms with van der Waals surface area (Å²) in [6.07, 6.45) is -1.10. The van der Waals surface area contributed by atoms with Crippen LogP contribution in [0.15, 0.2) is 59.4 Å². The quantitative estimate of drug-likeness (QED) is 0.193. The van der Waals surface area contributed by atoms with E-state index in [4.69, 9.17) is 5.73 Å². The van der Waals surface area contributed by atoms with Gasteiger partial charge in [-0.1, -0.05) is 30.3 Å². The minimum absolute atomic E-state index is 0.142. The molecule has 0 heterocycles. The molecule has 2 aromatic rings. The maximum atomic E-state index is 13.8. The van der Waals surface area contributed by atoms with Gasteiger partial charge in [-0.05, 0) is 22.8 Å². The molecule has 4 atom stereocenters. The van der Waals surface area contributed by atoms with Gasteiger partial charge in [0.2, 0.25) is 5.78 Å². The van der Waals surface area contributed by atoms with Gasteiger partial charge in [0.25, 0.3) is 11.6 Å². The van der Waals surface area contributed by atoms with E-state index in [0.29, 0.717) is 0 Å². The molecule has 0 aliphatic heterocycles. The van der Waals surface area contributed by atoms with Crippen molar-refractivity contribution >= 4 is 40.6 Å². The Hall–Kier alpha value is -4.81. The van der Waals surface area contributed by atoms with Crippen molar-refractivity contribution in [1.82, 2.24) is 0 Å². The van der Waals surface area contributed by atoms with Gasteiger partial charge in [0, 0.05) is 30.4 Å². The molecule has 3 aliphatic rings. The fraction of sp³-hybridized carbons (Fsp3) is 0.192. The Morgan fingerprint density at radius 3 is 2.47 bits per heavy atom. The van der Waals surface area contributed by atoms with Gasteiger partial charge in [-0.3, -0.25) is 24.5 Å². The number of nitrogens with zero attached hydrogens (tertiary/aromatic N) is 1. The Kier molecular flexibility index (Phi) is 5.47. The summed E-state index contributed by atoms with van der Waals surface area (Å²) in [6.45, 7) is 0. The van der Waals surface area contributed by atoms with Gasteiger partial charge in [0.15, 0.2) is 11.4 Å². The molecule has 12 heteroatoms. The highest BCUT2D eigenvalue weighted by Crippen LogP contribution is 2.55. The van der Waals surface area contributed by atoms with E-state index >= 15 is 0 Å². The highest BCUT2D eigenvalue weighted by atomic mass is 16.6. The molecule has 2 aromatic carbocycles. The first kappa shape index (κ1) is 24.9. The first-order valence-corrected chi connectivity index (χ1v) is 11.3. The van der Waals surface area contributed by atoms with E-state index < -0.39 is 80.8 Å². The second kappa shape index (κ2) is 8.36. The molecule has 1 saturated carbocycles. The summed E-state index contributed by atoms with van der Waals surface area (Å²) in [5.41, 5.74) is 0.760. The third-order valence-corrected chi connectivity index (χ3v) is 7.30. The maximum absolute atomic E-state index is 13.8. The molecule has 0 radical (unpaired) electrons. The summed E-state index contributed by atoms with van der Waals surface area (Å²) in [5.74, 6) is -9.30. The number of primary amides is 1. The van der Waals surface area contributed by atoms with E-state index in [0.717, 1.165) is 0 Å². The zero-order valence-corrected chi connectivity index (χ0v) is 19.4. The van der Waals surface area contributed by atoms with E-state index in [1.807, 2.05) is 0 Å². The molecule has 1 amide bonds. The van der Waals surface area contributed by atoms with Crippen LogP contribution in [0.3, 0.4) is 0 Å². The van der Waals surface area contributed by atoms with Gasteiger partial charge in [-0.25, -0.2) is 0 Å². The van der Waals surface area contributed by atoms with Gasteiger partial charge < -0.3 is 31.3 Å². The van der Waals surface area contributed by atoms with Gasteiger partial charge in [0.1, 0.15) is 22.8 Å². The number of Topliss-reactive ketones (excluding diaryl/α,β-unsaturated/α-hetero) is 2. The number of carbonyl (C=O) groups is 3. The smallest absolute Gasteiger partial charge is 0.270 e. The minimum Gasteiger partial charge on any atom is -0.508 e. The molecule has 194 valence electrons. The molecular formula is C26H20N2O10. The number of carbonyl (C=O) groups excluding carboxylic acids is 3. The molecule has 0 aromatic heterocycles. The normalized spacial score (nSPS) is 27.6. The third-order valence-electron chi connectivity index (χ3n) is 7.30. The SMILES string of the molecule is NC(=O)C1=C(O)[C@@]2(O)C(=O)C3=C(O)c4c(O)cccc4/C(=C\c4cccc([N+](=O)[O-])c4)[C@H]3[C@H](O)[C@H]2CC1=O. The second-order valence-electron chi connectivity index (χ2n) is 9.30. The number of ketones is 2. The lowest BCUT2D eigenvalue weighted by Crippen LogP contribution is -2.63. The lowest BCUT2D eigenvalue weighted by Gasteiger charge is -2.49. The summed E-state index contributed by atoms with van der Waals surface area (Å²) in [7, 11) is 0. The zero-order chi connectivity index (χ0) is 27.7. The standard InChI is InChI=1S/C26H20N2O10/c27-25(35)19-16(30)9-14-21(31)18-13(8-10-3-1-4-11(7-10)28(37)38)12-5-2-6-15(29)17(12)22(32)20(18)24(34)26(14,36)23(19)33/h1-8,14,18,21,29,31-33,36H,9H2,(H2,27,35)/b13-8+/t14-,18-,21-,26-/m1/s1. The van der Waals surface area contributed by atoms with Crippen molar-refractivity contribution in [3.05, 3.63) is 86.2 Å². The van der Waals surface area contributed by atoms with Crippen LogP contribution in [-0.4, -0.2) is 59.6 Å². The predicted molar refractivity (Wildman–Crippen MR) is 130 cm³/mol. The van der Waals surface area contributed by atoms with Gasteiger partial charge >= 0.3 is 0 Å². The predicted octanol–water partition coefficient (Wildman–Crippen LogP) is 1.30. The summed E-state index contributed by atoms with van der Waals surface area (Å²) < 4.78 is 0. The number of aliphatic hydroxyl groups excluding tert-OH is 3. The second-order valence-corrected chi connectivity index (χ2v) is 9.30. The number of nitrogens with two attached hydrogens (primary N) is 1. The Morgan fingerprint density at radius 2 is 1.82 bits per heavy atom. The number of nitro groups is 1. The largest absolute Gasteiger partial charge is 0.508 e. The highest BCUT2D eigenvalue weighted by molar-refractivity contribution is 6.23. The number of nitro benzene ring substituents is 1. The van der Waals surface area contributed by atoms with Crippen molar-refractivity contribution in [2.75, 3.05) is 0 Å². The molecule has 3 aliphatic carbocycles. The van der Waals surface area contributed by atoms with Crippen molar-refractivity contribution in [1.29, 1.82) is 0 Å². The molecule has 12 nitrogen and oxygen atoms in total. The van der Waals surface area contributed by atoms with Gasteiger partial charge in [0.05, 0.1) is 22.2 Å². The van der Waals surface area contributed by atoms with Gasteiger partial charge in [-0.2, -0.15) is 0 Å². The first-order valence-electron chi connectivity index (χ1n) is 11.3. The maximum Gasteiger partial charge on any atom is 0.270 e. The lowest BCUT2D eigenvalue weighted by molar-refractivity contribution is -0.384. The van der Waals surface area contributed by atoms with Crippen LogP contribution in [0.4, 0.5) is 5.69 Å². The van der Waals surface area contributed by atoms with Crippen LogP contribution in [0, 0.1) is 22.0 Å². The van der Waals surface area contributed by atoms with E-state index in [-0.39, 0.29) is 28.0 Å². The average molecular weight is 520 g/mol. The van der Waals surface area contributed by atoms with Crippen molar-refractivity contribution in [2.45, 2.75) is 18.1 Å². The molecule has 0 bridgehead atoms. The number of phenols is 1. The first-order chi connectivity index (χ1) is 17.9. The molecule has 0 spiro atoms. The Bertz CT molecular complexity index is 1570. The molecule has 0 unspecified atom stereocenters. The van der Waals surface area contributed by atoms with E-state index in [9.17, 15) is 50.0 Å². The number of aliphatic hydroxyl groups is 4. The summed E-state index contributed by atoms with van der Waals surface area (Å²) in [4.78, 5) is 48.9. The molecule has 1 fully saturated rings. The van der Waals surface area contributed by atoms with E-state index in [1.54, 1.807) is 0 Å². The topological polar surface area (TPSA) is 222 Å². The Morgan fingerprint density at radius 1 is 1.13 bits per heavy atom. The van der Waals surface area contributed by atoms with Crippen molar-refractivity contribution < 1.29 is 44.8 Å². The fourth-order valence-corrected chi connectivity index (χ4v) is 5.60. The molecule has 38 heavy (non-hydrogen) atoms. The van der Waals surface area contributed by atoms with E-state index in [1.165, 1.54) is 48.5 Å². The Labute approximate surface area is 213 Å². The van der Waals surface area contributed by atoms with Crippen LogP contribution in [-0.2, 0) is 14.4 Å². The molecular weight excluding hydrogens is 500 g/mol. The van der Waals surface area contributed by atoms with Crippen LogP contribution in [0.2, 0.25) is 0 Å². The number of hydrogen-bond donors (Lipinski definition) is 6. The van der Waals surface area contributed by atoms with Crippen LogP contribution in [0.1, 0.15) is 23.1 Å². The lowest BCUT2D eigenvalue weighted by atomic mass is 9.56. The fourth-order valence-electron chi connectivity index (χ4n) is 5.60. The summed E-state index contributed by atoms with van der Waals surface area (Å²) in [6, 6.07) is 9.59. The van der Waals surface area contributed by atoms with Crippen LogP contribution in [0.25, 0.3) is 17.4 Å².